The van der Waals surface area contributed by atoms with Gasteiger partial charge in [-0.15, -0.1) is 0 Å². The molecule has 2 rings (SSSR count). The van der Waals surface area contributed by atoms with Crippen LogP contribution in [0.2, 0.25) is 0 Å². The number of hydrogen-bond acceptors (Lipinski definition) is 3. The highest BCUT2D eigenvalue weighted by molar-refractivity contribution is 5.97. The highest BCUT2D eigenvalue weighted by Crippen LogP contribution is 2.20. The summed E-state index contributed by atoms with van der Waals surface area (Å²) >= 11 is 0. The normalized spacial score (nSPS) is 19.3. The maximum atomic E-state index is 12.5. The molecule has 1 heterocycles. The molecule has 2 amide bonds. The highest BCUT2D eigenvalue weighted by Gasteiger charge is 2.34. The van der Waals surface area contributed by atoms with E-state index >= 15 is 0 Å². The fourth-order valence-corrected chi connectivity index (χ4v) is 2.50. The molecule has 2 unspecified atom stereocenters. The number of carbonyl (C=O) groups is 2. The molecule has 2 atom stereocenters. The van der Waals surface area contributed by atoms with Crippen LogP contribution in [0.25, 0.3) is 0 Å². The van der Waals surface area contributed by atoms with Crippen LogP contribution in [0.5, 0.6) is 0 Å². The first kappa shape index (κ1) is 15.5. The molecule has 21 heavy (non-hydrogen) atoms. The number of nitrogens with one attached hydrogen (secondary N) is 2. The number of benzene rings is 1. The van der Waals surface area contributed by atoms with Crippen molar-refractivity contribution in [2.75, 3.05) is 20.1 Å². The van der Waals surface area contributed by atoms with Crippen molar-refractivity contribution in [3.05, 3.63) is 35.9 Å². The van der Waals surface area contributed by atoms with E-state index in [4.69, 9.17) is 0 Å². The van der Waals surface area contributed by atoms with Crippen LogP contribution < -0.4 is 10.6 Å². The van der Waals surface area contributed by atoms with E-state index in [1.807, 2.05) is 32.2 Å². The van der Waals surface area contributed by atoms with Crippen molar-refractivity contribution in [2.45, 2.75) is 31.8 Å². The zero-order valence-electron chi connectivity index (χ0n) is 12.6. The third-order valence-corrected chi connectivity index (χ3v) is 3.91. The van der Waals surface area contributed by atoms with Gasteiger partial charge in [-0.05, 0) is 38.9 Å². The Balaban J connectivity index is 2.00. The van der Waals surface area contributed by atoms with Crippen molar-refractivity contribution < 1.29 is 9.59 Å². The Morgan fingerprint density at radius 3 is 2.71 bits per heavy atom. The van der Waals surface area contributed by atoms with Crippen LogP contribution in [0.3, 0.4) is 0 Å². The molecule has 0 bridgehead atoms. The van der Waals surface area contributed by atoms with Crippen molar-refractivity contribution in [2.24, 2.45) is 0 Å². The first-order valence-electron chi connectivity index (χ1n) is 7.44. The molecule has 0 spiro atoms. The maximum absolute atomic E-state index is 12.5. The summed E-state index contributed by atoms with van der Waals surface area (Å²) in [7, 11) is 1.86. The number of likely N-dealkylation sites (N-methyl/N-ethyl adjacent to an activating group) is 1. The molecule has 5 heteroatoms. The summed E-state index contributed by atoms with van der Waals surface area (Å²) < 4.78 is 0. The van der Waals surface area contributed by atoms with Crippen LogP contribution in [0.4, 0.5) is 0 Å². The molecule has 1 aliphatic rings. The molecule has 1 fully saturated rings. The lowest BCUT2D eigenvalue weighted by molar-refractivity contribution is -0.124. The third-order valence-electron chi connectivity index (χ3n) is 3.91. The summed E-state index contributed by atoms with van der Waals surface area (Å²) in [6.07, 6.45) is 1.61. The van der Waals surface area contributed by atoms with Gasteiger partial charge < -0.3 is 15.5 Å². The lowest BCUT2D eigenvalue weighted by Crippen LogP contribution is -2.48. The second kappa shape index (κ2) is 7.22. The summed E-state index contributed by atoms with van der Waals surface area (Å²) in [5.41, 5.74) is 0.640. The van der Waals surface area contributed by atoms with E-state index in [0.29, 0.717) is 18.7 Å². The molecule has 1 aromatic carbocycles. The quantitative estimate of drug-likeness (QED) is 0.850. The molecule has 1 aliphatic heterocycles. The van der Waals surface area contributed by atoms with E-state index in [9.17, 15) is 9.59 Å². The van der Waals surface area contributed by atoms with Crippen molar-refractivity contribution in [1.82, 2.24) is 15.5 Å². The Morgan fingerprint density at radius 2 is 2.05 bits per heavy atom. The Bertz CT molecular complexity index is 490. The SMILES string of the molecule is CNC(C)CNC(=O)C1CCCN1C(=O)c1ccccc1. The summed E-state index contributed by atoms with van der Waals surface area (Å²) in [6.45, 7) is 3.22. The van der Waals surface area contributed by atoms with E-state index < -0.39 is 0 Å². The minimum atomic E-state index is -0.346. The summed E-state index contributed by atoms with van der Waals surface area (Å²) in [5.74, 6) is -0.117. The first-order valence-corrected chi connectivity index (χ1v) is 7.44. The minimum Gasteiger partial charge on any atom is -0.353 e. The number of amides is 2. The molecule has 0 aromatic heterocycles. The van der Waals surface area contributed by atoms with Crippen molar-refractivity contribution in [3.8, 4) is 0 Å². The zero-order chi connectivity index (χ0) is 15.2. The number of nitrogens with zero attached hydrogens (tertiary/aromatic N) is 1. The Kier molecular flexibility index (Phi) is 5.33. The molecule has 1 aromatic rings. The average molecular weight is 289 g/mol. The zero-order valence-corrected chi connectivity index (χ0v) is 12.6. The molecule has 2 N–H and O–H groups in total. The maximum Gasteiger partial charge on any atom is 0.254 e. The summed E-state index contributed by atoms with van der Waals surface area (Å²) in [5, 5.41) is 5.99. The van der Waals surface area contributed by atoms with E-state index in [0.717, 1.165) is 12.8 Å². The predicted molar refractivity (Wildman–Crippen MR) is 82.0 cm³/mol. The van der Waals surface area contributed by atoms with Crippen LogP contribution in [-0.4, -0.2) is 48.9 Å². The lowest BCUT2D eigenvalue weighted by atomic mass is 10.1. The largest absolute Gasteiger partial charge is 0.353 e. The topological polar surface area (TPSA) is 61.4 Å². The van der Waals surface area contributed by atoms with Crippen LogP contribution in [0, 0.1) is 0 Å². The van der Waals surface area contributed by atoms with Gasteiger partial charge in [-0.3, -0.25) is 9.59 Å². The molecule has 0 aliphatic carbocycles. The van der Waals surface area contributed by atoms with E-state index in [1.54, 1.807) is 17.0 Å². The lowest BCUT2D eigenvalue weighted by Gasteiger charge is -2.24. The third kappa shape index (κ3) is 3.82. The Morgan fingerprint density at radius 1 is 1.33 bits per heavy atom. The molecule has 1 saturated heterocycles. The van der Waals surface area contributed by atoms with Crippen molar-refractivity contribution >= 4 is 11.8 Å². The Labute approximate surface area is 125 Å². The number of carbonyl (C=O) groups excluding carboxylic acids is 2. The number of rotatable bonds is 5. The smallest absolute Gasteiger partial charge is 0.254 e. The van der Waals surface area contributed by atoms with Gasteiger partial charge in [0.25, 0.3) is 5.91 Å². The van der Waals surface area contributed by atoms with Crippen molar-refractivity contribution in [3.63, 3.8) is 0 Å². The monoisotopic (exact) mass is 289 g/mol. The minimum absolute atomic E-state index is 0.0566. The average Bonchev–Trinajstić information content (AvgIpc) is 3.01. The molecule has 5 nitrogen and oxygen atoms in total. The van der Waals surface area contributed by atoms with E-state index in [1.165, 1.54) is 0 Å². The van der Waals surface area contributed by atoms with Gasteiger partial charge in [0.1, 0.15) is 6.04 Å². The van der Waals surface area contributed by atoms with Gasteiger partial charge >= 0.3 is 0 Å². The van der Waals surface area contributed by atoms with Gasteiger partial charge in [0.2, 0.25) is 5.91 Å². The van der Waals surface area contributed by atoms with Gasteiger partial charge in [-0.2, -0.15) is 0 Å². The van der Waals surface area contributed by atoms with Gasteiger partial charge in [0.15, 0.2) is 0 Å². The van der Waals surface area contributed by atoms with Crippen LogP contribution in [0.15, 0.2) is 30.3 Å². The van der Waals surface area contributed by atoms with Gasteiger partial charge in [-0.25, -0.2) is 0 Å². The number of likely N-dealkylation sites (tertiary alicyclic amines) is 1. The fraction of sp³-hybridized carbons (Fsp3) is 0.500. The van der Waals surface area contributed by atoms with Crippen LogP contribution in [0.1, 0.15) is 30.1 Å². The summed E-state index contributed by atoms with van der Waals surface area (Å²) in [6, 6.07) is 9.01. The van der Waals surface area contributed by atoms with Gasteiger partial charge in [0.05, 0.1) is 0 Å². The van der Waals surface area contributed by atoms with Crippen LogP contribution in [-0.2, 0) is 4.79 Å². The second-order valence-electron chi connectivity index (χ2n) is 5.46. The summed E-state index contributed by atoms with van der Waals surface area (Å²) in [4.78, 5) is 26.5. The first-order chi connectivity index (χ1) is 10.1. The predicted octanol–water partition coefficient (Wildman–Crippen LogP) is 1.02. The van der Waals surface area contributed by atoms with Crippen LogP contribution >= 0.6 is 0 Å². The molecule has 0 radical (unpaired) electrons. The highest BCUT2D eigenvalue weighted by atomic mass is 16.2. The number of hydrogen-bond donors (Lipinski definition) is 2. The van der Waals surface area contributed by atoms with E-state index in [2.05, 4.69) is 10.6 Å². The standard InChI is InChI=1S/C16H23N3O2/c1-12(17-2)11-18-15(20)14-9-6-10-19(14)16(21)13-7-4-3-5-8-13/h3-5,7-8,12,14,17H,6,9-11H2,1-2H3,(H,18,20). The molecule has 0 saturated carbocycles. The second-order valence-corrected chi connectivity index (χ2v) is 5.46. The molecular formula is C16H23N3O2. The Hall–Kier alpha value is -1.88. The van der Waals surface area contributed by atoms with E-state index in [-0.39, 0.29) is 23.9 Å². The van der Waals surface area contributed by atoms with Crippen molar-refractivity contribution in [1.29, 1.82) is 0 Å². The molecule has 114 valence electrons. The molecular weight excluding hydrogens is 266 g/mol. The van der Waals surface area contributed by atoms with Gasteiger partial charge in [0, 0.05) is 24.7 Å². The fourth-order valence-electron chi connectivity index (χ4n) is 2.50. The van der Waals surface area contributed by atoms with Gasteiger partial charge in [-0.1, -0.05) is 18.2 Å².